The van der Waals surface area contributed by atoms with E-state index < -0.39 is 15.4 Å². The molecular weight excluding hydrogens is 548 g/mol. The van der Waals surface area contributed by atoms with E-state index in [9.17, 15) is 17.2 Å². The van der Waals surface area contributed by atoms with Gasteiger partial charge in [-0.3, -0.25) is 4.68 Å². The Morgan fingerprint density at radius 3 is 2.34 bits per heavy atom. The number of hydrogen-bond acceptors (Lipinski definition) is 5. The zero-order valence-electron chi connectivity index (χ0n) is 22.7. The molecule has 5 aromatic rings. The fourth-order valence-corrected chi connectivity index (χ4v) is 7.20. The first-order chi connectivity index (χ1) is 19.7. The van der Waals surface area contributed by atoms with Gasteiger partial charge in [0.25, 0.3) is 0 Å². The van der Waals surface area contributed by atoms with E-state index in [1.165, 1.54) is 34.8 Å². The van der Waals surface area contributed by atoms with Crippen LogP contribution in [0, 0.1) is 11.6 Å². The van der Waals surface area contributed by atoms with Crippen LogP contribution in [0.4, 0.5) is 8.78 Å². The van der Waals surface area contributed by atoms with E-state index in [2.05, 4.69) is 10.2 Å². The van der Waals surface area contributed by atoms with Crippen molar-refractivity contribution in [1.82, 2.24) is 23.9 Å². The molecule has 0 spiro atoms. The molecule has 1 saturated heterocycles. The first-order valence-electron chi connectivity index (χ1n) is 13.3. The highest BCUT2D eigenvalue weighted by Gasteiger charge is 2.46. The van der Waals surface area contributed by atoms with Crippen molar-refractivity contribution in [3.8, 4) is 11.4 Å². The Labute approximate surface area is 236 Å². The summed E-state index contributed by atoms with van der Waals surface area (Å²) in [5.41, 5.74) is 2.53. The van der Waals surface area contributed by atoms with Gasteiger partial charge in [-0.1, -0.05) is 12.1 Å². The number of aryl methyl sites for hydroxylation is 1. The van der Waals surface area contributed by atoms with Crippen molar-refractivity contribution in [3.63, 3.8) is 0 Å². The van der Waals surface area contributed by atoms with E-state index in [0.717, 1.165) is 22.0 Å². The van der Waals surface area contributed by atoms with Crippen LogP contribution in [-0.2, 0) is 28.4 Å². The quantitative estimate of drug-likeness (QED) is 0.256. The minimum Gasteiger partial charge on any atom is -0.496 e. The van der Waals surface area contributed by atoms with Gasteiger partial charge in [0.05, 0.1) is 30.7 Å². The van der Waals surface area contributed by atoms with Crippen LogP contribution in [0.3, 0.4) is 0 Å². The molecule has 1 aliphatic heterocycles. The van der Waals surface area contributed by atoms with Gasteiger partial charge >= 0.3 is 0 Å². The SMILES string of the molecule is CCn1cc(S(=O)(=O)N2CCC(Cc3ccc(F)cc3)(c3cc4cnn(-c5ccc(F)cc5)c4cc3OC)C2)cn1. The molecule has 1 unspecified atom stereocenters. The first-order valence-corrected chi connectivity index (χ1v) is 14.8. The van der Waals surface area contributed by atoms with Crippen LogP contribution in [0.25, 0.3) is 16.6 Å². The molecule has 0 N–H and O–H groups in total. The summed E-state index contributed by atoms with van der Waals surface area (Å²) >= 11 is 0. The molecule has 41 heavy (non-hydrogen) atoms. The Hall–Kier alpha value is -4.09. The second-order valence-corrected chi connectivity index (χ2v) is 12.3. The van der Waals surface area contributed by atoms with Gasteiger partial charge in [-0.25, -0.2) is 21.9 Å². The number of halogens is 2. The summed E-state index contributed by atoms with van der Waals surface area (Å²) in [5.74, 6) is -0.0873. The number of sulfonamides is 1. The van der Waals surface area contributed by atoms with Gasteiger partial charge in [-0.2, -0.15) is 14.5 Å². The second kappa shape index (κ2) is 10.4. The van der Waals surface area contributed by atoms with Gasteiger partial charge < -0.3 is 4.74 Å². The van der Waals surface area contributed by atoms with Gasteiger partial charge in [0.15, 0.2) is 0 Å². The minimum absolute atomic E-state index is 0.153. The number of nitrogens with zero attached hydrogens (tertiary/aromatic N) is 5. The molecule has 0 radical (unpaired) electrons. The van der Waals surface area contributed by atoms with Crippen LogP contribution >= 0.6 is 0 Å². The molecule has 0 saturated carbocycles. The molecular formula is C30H29F2N5O3S. The van der Waals surface area contributed by atoms with Crippen molar-refractivity contribution in [2.75, 3.05) is 20.2 Å². The number of benzene rings is 3. The first kappa shape index (κ1) is 27.1. The van der Waals surface area contributed by atoms with Crippen LogP contribution in [0.2, 0.25) is 0 Å². The second-order valence-electron chi connectivity index (χ2n) is 10.3. The fraction of sp³-hybridized carbons (Fsp3) is 0.267. The van der Waals surface area contributed by atoms with Crippen molar-refractivity contribution in [2.24, 2.45) is 0 Å². The van der Waals surface area contributed by atoms with Crippen LogP contribution in [0.15, 0.2) is 84.1 Å². The molecule has 1 aliphatic rings. The number of fused-ring (bicyclic) bond motifs is 1. The van der Waals surface area contributed by atoms with E-state index in [4.69, 9.17) is 4.74 Å². The van der Waals surface area contributed by atoms with Crippen LogP contribution in [0.1, 0.15) is 24.5 Å². The Balaban J connectivity index is 1.45. The summed E-state index contributed by atoms with van der Waals surface area (Å²) in [7, 11) is -2.22. The monoisotopic (exact) mass is 577 g/mol. The minimum atomic E-state index is -3.80. The van der Waals surface area contributed by atoms with Gasteiger partial charge in [0, 0.05) is 48.3 Å². The lowest BCUT2D eigenvalue weighted by atomic mass is 9.74. The Kier molecular flexibility index (Phi) is 6.87. The summed E-state index contributed by atoms with van der Waals surface area (Å²) in [4.78, 5) is 0.153. The van der Waals surface area contributed by atoms with Crippen LogP contribution in [0.5, 0.6) is 5.75 Å². The van der Waals surface area contributed by atoms with E-state index in [1.807, 2.05) is 19.1 Å². The largest absolute Gasteiger partial charge is 0.496 e. The molecule has 3 aromatic carbocycles. The molecule has 0 bridgehead atoms. The number of aromatic nitrogens is 4. The Morgan fingerprint density at radius 2 is 1.68 bits per heavy atom. The maximum atomic E-state index is 13.8. The van der Waals surface area contributed by atoms with E-state index in [1.54, 1.807) is 53.1 Å². The Morgan fingerprint density at radius 1 is 0.976 bits per heavy atom. The molecule has 212 valence electrons. The lowest BCUT2D eigenvalue weighted by Crippen LogP contribution is -2.36. The number of hydrogen-bond donors (Lipinski definition) is 0. The molecule has 1 fully saturated rings. The van der Waals surface area contributed by atoms with E-state index in [-0.39, 0.29) is 23.1 Å². The third-order valence-corrected chi connectivity index (χ3v) is 9.68. The van der Waals surface area contributed by atoms with Gasteiger partial charge in [-0.15, -0.1) is 0 Å². The molecule has 2 aromatic heterocycles. The molecule has 0 aliphatic carbocycles. The van der Waals surface area contributed by atoms with Crippen LogP contribution < -0.4 is 4.74 Å². The topological polar surface area (TPSA) is 82.2 Å². The summed E-state index contributed by atoms with van der Waals surface area (Å²) < 4.78 is 65.4. The fourth-order valence-electron chi connectivity index (χ4n) is 5.72. The van der Waals surface area contributed by atoms with Gasteiger partial charge in [0.2, 0.25) is 10.0 Å². The summed E-state index contributed by atoms with van der Waals surface area (Å²) in [6.07, 6.45) is 5.66. The lowest BCUT2D eigenvalue weighted by Gasteiger charge is -2.32. The van der Waals surface area contributed by atoms with E-state index >= 15 is 0 Å². The van der Waals surface area contributed by atoms with Crippen molar-refractivity contribution in [2.45, 2.75) is 36.6 Å². The maximum Gasteiger partial charge on any atom is 0.246 e. The third-order valence-electron chi connectivity index (χ3n) is 7.88. The lowest BCUT2D eigenvalue weighted by molar-refractivity contribution is 0.371. The standard InChI is InChI=1S/C30H29F2N5O3S/c1-3-35-19-26(18-33-35)41(38,39)36-13-12-30(20-36,16-21-4-6-23(31)7-5-21)27-14-22-17-34-37(28(22)15-29(27)40-2)25-10-8-24(32)9-11-25/h4-11,14-15,17-19H,3,12-13,16,20H2,1-2H3. The van der Waals surface area contributed by atoms with Gasteiger partial charge in [-0.05, 0) is 67.8 Å². The van der Waals surface area contributed by atoms with E-state index in [0.29, 0.717) is 37.4 Å². The summed E-state index contributed by atoms with van der Waals surface area (Å²) in [6, 6.07) is 16.2. The summed E-state index contributed by atoms with van der Waals surface area (Å²) in [5, 5.41) is 9.53. The van der Waals surface area contributed by atoms with Crippen molar-refractivity contribution in [3.05, 3.63) is 102 Å². The highest BCUT2D eigenvalue weighted by molar-refractivity contribution is 7.89. The Bertz CT molecular complexity index is 1820. The van der Waals surface area contributed by atoms with Crippen molar-refractivity contribution >= 4 is 20.9 Å². The average molecular weight is 578 g/mol. The normalized spacial score (nSPS) is 17.9. The van der Waals surface area contributed by atoms with Gasteiger partial charge in [0.1, 0.15) is 22.3 Å². The molecule has 1 atom stereocenters. The molecule has 8 nitrogen and oxygen atoms in total. The molecule has 0 amide bonds. The number of ether oxygens (including phenoxy) is 1. The highest BCUT2D eigenvalue weighted by Crippen LogP contribution is 2.45. The predicted octanol–water partition coefficient (Wildman–Crippen LogP) is 5.10. The zero-order valence-corrected chi connectivity index (χ0v) is 23.5. The summed E-state index contributed by atoms with van der Waals surface area (Å²) in [6.45, 7) is 2.97. The zero-order chi connectivity index (χ0) is 28.8. The molecule has 11 heteroatoms. The number of methoxy groups -OCH3 is 1. The number of rotatable bonds is 8. The van der Waals surface area contributed by atoms with Crippen LogP contribution in [-0.4, -0.2) is 52.5 Å². The molecule has 3 heterocycles. The van der Waals surface area contributed by atoms with Crippen molar-refractivity contribution < 1.29 is 21.9 Å². The smallest absolute Gasteiger partial charge is 0.246 e. The average Bonchev–Trinajstić information content (AvgIpc) is 3.73. The highest BCUT2D eigenvalue weighted by atomic mass is 32.2. The maximum absolute atomic E-state index is 13.8. The van der Waals surface area contributed by atoms with Crippen molar-refractivity contribution in [1.29, 1.82) is 0 Å². The third kappa shape index (κ3) is 4.89. The predicted molar refractivity (Wildman–Crippen MR) is 151 cm³/mol. The molecule has 6 rings (SSSR count).